The molecule has 0 bridgehead atoms. The molecule has 5 aromatic rings. The standard InChI is InChI=1S/C31H24N4O7/c36-29(20-10-4-1-5-11-20)39-18-25-26(41-30(37)21-12-6-2-7-13-21)27(42-31(38)22-14-8-3-9-15-22)28(40-25)35-19-32-23-16-33-34-17-24(23)35/h1-17,19,25-28H,18H2/t25-,26-,27-,28-/m1/s1. The van der Waals surface area contributed by atoms with Crippen LogP contribution >= 0.6 is 0 Å². The van der Waals surface area contributed by atoms with Crippen molar-refractivity contribution in [2.24, 2.45) is 0 Å². The minimum Gasteiger partial charge on any atom is -0.459 e. The largest absolute Gasteiger partial charge is 0.459 e. The summed E-state index contributed by atoms with van der Waals surface area (Å²) < 4.78 is 25.5. The second-order valence-electron chi connectivity index (χ2n) is 9.41. The van der Waals surface area contributed by atoms with E-state index in [-0.39, 0.29) is 12.2 Å². The van der Waals surface area contributed by atoms with E-state index >= 15 is 0 Å². The van der Waals surface area contributed by atoms with E-state index in [1.54, 1.807) is 95.6 Å². The first-order valence-corrected chi connectivity index (χ1v) is 13.1. The molecule has 0 spiro atoms. The molecule has 0 aliphatic carbocycles. The monoisotopic (exact) mass is 564 g/mol. The molecule has 4 atom stereocenters. The molecule has 11 nitrogen and oxygen atoms in total. The first-order valence-electron chi connectivity index (χ1n) is 13.1. The van der Waals surface area contributed by atoms with Crippen molar-refractivity contribution < 1.29 is 33.3 Å². The molecule has 0 N–H and O–H groups in total. The third-order valence-electron chi connectivity index (χ3n) is 6.74. The predicted octanol–water partition coefficient (Wildman–Crippen LogP) is 4.03. The van der Waals surface area contributed by atoms with E-state index in [0.717, 1.165) is 0 Å². The summed E-state index contributed by atoms with van der Waals surface area (Å²) in [6.07, 6.45) is 0.142. The van der Waals surface area contributed by atoms with Crippen LogP contribution in [0.25, 0.3) is 11.0 Å². The summed E-state index contributed by atoms with van der Waals surface area (Å²) in [7, 11) is 0. The minimum atomic E-state index is -1.16. The third-order valence-corrected chi connectivity index (χ3v) is 6.74. The van der Waals surface area contributed by atoms with Gasteiger partial charge in [0.2, 0.25) is 0 Å². The van der Waals surface area contributed by atoms with Crippen molar-refractivity contribution in [2.45, 2.75) is 24.5 Å². The zero-order chi connectivity index (χ0) is 28.9. The Morgan fingerprint density at radius 2 is 1.21 bits per heavy atom. The minimum absolute atomic E-state index is 0.289. The van der Waals surface area contributed by atoms with Crippen molar-refractivity contribution >= 4 is 28.9 Å². The van der Waals surface area contributed by atoms with Gasteiger partial charge in [-0.25, -0.2) is 19.4 Å². The van der Waals surface area contributed by atoms with Crippen molar-refractivity contribution in [3.8, 4) is 0 Å². The molecule has 1 aliphatic rings. The first kappa shape index (κ1) is 26.8. The molecule has 2 aromatic heterocycles. The summed E-state index contributed by atoms with van der Waals surface area (Å²) in [6.45, 7) is -0.289. The van der Waals surface area contributed by atoms with Crippen LogP contribution < -0.4 is 0 Å². The maximum absolute atomic E-state index is 13.3. The van der Waals surface area contributed by atoms with E-state index in [1.807, 2.05) is 0 Å². The molecule has 0 amide bonds. The van der Waals surface area contributed by atoms with Gasteiger partial charge in [0.25, 0.3) is 0 Å². The number of nitrogens with zero attached hydrogens (tertiary/aromatic N) is 4. The van der Waals surface area contributed by atoms with Gasteiger partial charge in [-0.05, 0) is 36.4 Å². The average Bonchev–Trinajstić information content (AvgIpc) is 3.62. The molecular weight excluding hydrogens is 540 g/mol. The van der Waals surface area contributed by atoms with E-state index in [4.69, 9.17) is 18.9 Å². The first-order chi connectivity index (χ1) is 20.6. The molecule has 3 aromatic carbocycles. The molecule has 210 valence electrons. The zero-order valence-corrected chi connectivity index (χ0v) is 22.1. The molecule has 42 heavy (non-hydrogen) atoms. The number of hydrogen-bond acceptors (Lipinski definition) is 10. The van der Waals surface area contributed by atoms with Gasteiger partial charge in [-0.15, -0.1) is 0 Å². The Balaban J connectivity index is 1.36. The highest BCUT2D eigenvalue weighted by atomic mass is 16.7. The van der Waals surface area contributed by atoms with E-state index in [1.165, 1.54) is 18.7 Å². The topological polar surface area (TPSA) is 132 Å². The van der Waals surface area contributed by atoms with Crippen LogP contribution in [0.1, 0.15) is 37.3 Å². The van der Waals surface area contributed by atoms with Crippen LogP contribution in [0.15, 0.2) is 110 Å². The SMILES string of the molecule is O=C(OC[C@H]1O[C@@H](n2cnc3cnncc32)[C@H](OC(=O)c2ccccc2)[C@@H]1OC(=O)c1ccccc1)c1ccccc1. The summed E-state index contributed by atoms with van der Waals surface area (Å²) in [5.74, 6) is -1.90. The molecule has 6 rings (SSSR count). The summed E-state index contributed by atoms with van der Waals surface area (Å²) in [5.41, 5.74) is 2.00. The van der Waals surface area contributed by atoms with E-state index in [2.05, 4.69) is 15.2 Å². The van der Waals surface area contributed by atoms with Crippen molar-refractivity contribution in [3.63, 3.8) is 0 Å². The van der Waals surface area contributed by atoms with Crippen molar-refractivity contribution in [1.29, 1.82) is 0 Å². The Kier molecular flexibility index (Phi) is 7.64. The number of hydrogen-bond donors (Lipinski definition) is 0. The highest BCUT2D eigenvalue weighted by Gasteiger charge is 2.51. The molecule has 1 saturated heterocycles. The quantitative estimate of drug-likeness (QED) is 0.201. The highest BCUT2D eigenvalue weighted by molar-refractivity contribution is 5.91. The number of aromatic nitrogens is 4. The number of benzene rings is 3. The van der Waals surface area contributed by atoms with Crippen LogP contribution in [0, 0.1) is 0 Å². The van der Waals surface area contributed by atoms with Gasteiger partial charge < -0.3 is 18.9 Å². The molecule has 1 aliphatic heterocycles. The van der Waals surface area contributed by atoms with Gasteiger partial charge in [-0.3, -0.25) is 4.57 Å². The molecular formula is C31H24N4O7. The van der Waals surface area contributed by atoms with Crippen LogP contribution in [-0.2, 0) is 18.9 Å². The van der Waals surface area contributed by atoms with Crippen LogP contribution in [-0.4, -0.2) is 62.6 Å². The molecule has 0 unspecified atom stereocenters. The fourth-order valence-corrected chi connectivity index (χ4v) is 4.68. The van der Waals surface area contributed by atoms with Gasteiger partial charge in [0.1, 0.15) is 18.2 Å². The number of ether oxygens (including phenoxy) is 4. The van der Waals surface area contributed by atoms with Gasteiger partial charge in [0.05, 0.1) is 40.9 Å². The van der Waals surface area contributed by atoms with Crippen LogP contribution in [0.2, 0.25) is 0 Å². The molecule has 1 fully saturated rings. The number of fused-ring (bicyclic) bond motifs is 1. The number of carbonyl (C=O) groups excluding carboxylic acids is 3. The Morgan fingerprint density at radius 3 is 1.81 bits per heavy atom. The average molecular weight is 565 g/mol. The number of carbonyl (C=O) groups is 3. The second-order valence-corrected chi connectivity index (χ2v) is 9.41. The van der Waals surface area contributed by atoms with Gasteiger partial charge in [0.15, 0.2) is 18.4 Å². The van der Waals surface area contributed by atoms with Crippen molar-refractivity contribution in [2.75, 3.05) is 6.61 Å². The third kappa shape index (κ3) is 5.58. The van der Waals surface area contributed by atoms with Gasteiger partial charge >= 0.3 is 17.9 Å². The Morgan fingerprint density at radius 1 is 0.690 bits per heavy atom. The maximum Gasteiger partial charge on any atom is 0.338 e. The van der Waals surface area contributed by atoms with Crippen molar-refractivity contribution in [3.05, 3.63) is 126 Å². The lowest BCUT2D eigenvalue weighted by Crippen LogP contribution is -2.41. The number of rotatable bonds is 8. The van der Waals surface area contributed by atoms with Crippen LogP contribution in [0.3, 0.4) is 0 Å². The number of esters is 3. The van der Waals surface area contributed by atoms with Crippen molar-refractivity contribution in [1.82, 2.24) is 19.7 Å². The summed E-state index contributed by atoms with van der Waals surface area (Å²) in [5, 5.41) is 7.80. The highest BCUT2D eigenvalue weighted by Crippen LogP contribution is 2.37. The second kappa shape index (κ2) is 12.0. The maximum atomic E-state index is 13.3. The lowest BCUT2D eigenvalue weighted by molar-refractivity contribution is -0.0604. The van der Waals surface area contributed by atoms with Crippen LogP contribution in [0.4, 0.5) is 0 Å². The summed E-state index contributed by atoms with van der Waals surface area (Å²) in [4.78, 5) is 43.7. The normalized spacial score (nSPS) is 19.7. The Hall–Kier alpha value is -5.42. The predicted molar refractivity (Wildman–Crippen MR) is 147 cm³/mol. The van der Waals surface area contributed by atoms with Gasteiger partial charge in [-0.1, -0.05) is 54.6 Å². The van der Waals surface area contributed by atoms with E-state index < -0.39 is 42.4 Å². The Bertz CT molecular complexity index is 1700. The lowest BCUT2D eigenvalue weighted by Gasteiger charge is -2.25. The smallest absolute Gasteiger partial charge is 0.338 e. The molecule has 3 heterocycles. The lowest BCUT2D eigenvalue weighted by atomic mass is 10.1. The summed E-state index contributed by atoms with van der Waals surface area (Å²) >= 11 is 0. The summed E-state index contributed by atoms with van der Waals surface area (Å²) in [6, 6.07) is 25.3. The number of imidazole rings is 1. The molecule has 0 radical (unpaired) electrons. The van der Waals surface area contributed by atoms with E-state index in [0.29, 0.717) is 22.2 Å². The van der Waals surface area contributed by atoms with Gasteiger partial charge in [0, 0.05) is 0 Å². The van der Waals surface area contributed by atoms with Gasteiger partial charge in [-0.2, -0.15) is 10.2 Å². The fraction of sp³-hybridized carbons (Fsp3) is 0.161. The zero-order valence-electron chi connectivity index (χ0n) is 22.1. The van der Waals surface area contributed by atoms with Crippen LogP contribution in [0.5, 0.6) is 0 Å². The fourth-order valence-electron chi connectivity index (χ4n) is 4.68. The van der Waals surface area contributed by atoms with E-state index in [9.17, 15) is 14.4 Å². The Labute approximate surface area is 239 Å². The molecule has 11 heteroatoms. The molecule has 0 saturated carbocycles.